The lowest BCUT2D eigenvalue weighted by Crippen LogP contribution is -2.53. The standard InChI is InChI=1S/C27H20F4N4O4S/c28-20-3-5-21(6-4-20)35-24-11-19-9-10-34(40(37,38)22-7-1-18(2-8-22)27(29,30)31)15-26(19,12-17(24)13-33-35)25(36)23-14-39-16-32-23/h1-8,11,13-14,16H,9-10,12,15H2. The van der Waals surface area contributed by atoms with Gasteiger partial charge in [0.25, 0.3) is 0 Å². The summed E-state index contributed by atoms with van der Waals surface area (Å²) in [5.41, 5.74) is 0.327. The third-order valence-electron chi connectivity index (χ3n) is 7.37. The lowest BCUT2D eigenvalue weighted by molar-refractivity contribution is -0.137. The minimum absolute atomic E-state index is 0.00303. The molecular weight excluding hydrogens is 552 g/mol. The van der Waals surface area contributed by atoms with Gasteiger partial charge in [-0.05, 0) is 73.0 Å². The monoisotopic (exact) mass is 572 g/mol. The number of hydrogen-bond donors (Lipinski definition) is 0. The van der Waals surface area contributed by atoms with Gasteiger partial charge in [0.05, 0.1) is 33.5 Å². The molecule has 3 heterocycles. The van der Waals surface area contributed by atoms with E-state index < -0.39 is 38.8 Å². The fourth-order valence-corrected chi connectivity index (χ4v) is 6.84. The Kier molecular flexibility index (Phi) is 6.04. The zero-order valence-corrected chi connectivity index (χ0v) is 21.4. The van der Waals surface area contributed by atoms with Crippen LogP contribution in [0.2, 0.25) is 0 Å². The van der Waals surface area contributed by atoms with Crippen LogP contribution in [0.5, 0.6) is 0 Å². The highest BCUT2D eigenvalue weighted by molar-refractivity contribution is 7.89. The molecule has 2 aromatic carbocycles. The number of carbonyl (C=O) groups is 1. The average Bonchev–Trinajstić information content (AvgIpc) is 3.61. The van der Waals surface area contributed by atoms with E-state index >= 15 is 0 Å². The van der Waals surface area contributed by atoms with Gasteiger partial charge in [0.15, 0.2) is 12.2 Å². The lowest BCUT2D eigenvalue weighted by Gasteiger charge is -2.44. The molecule has 1 aliphatic heterocycles. The molecule has 0 radical (unpaired) electrons. The Labute approximate surface area is 225 Å². The molecule has 2 aliphatic rings. The fraction of sp³-hybridized carbons (Fsp3) is 0.222. The Bertz CT molecular complexity index is 1730. The average molecular weight is 573 g/mol. The van der Waals surface area contributed by atoms with Crippen LogP contribution in [-0.4, -0.2) is 46.4 Å². The molecular formula is C27H20F4N4O4S. The summed E-state index contributed by atoms with van der Waals surface area (Å²) >= 11 is 0. The number of hydrogen-bond acceptors (Lipinski definition) is 6. The summed E-state index contributed by atoms with van der Waals surface area (Å²) in [7, 11) is -4.25. The van der Waals surface area contributed by atoms with Crippen LogP contribution in [0, 0.1) is 11.2 Å². The molecule has 0 N–H and O–H groups in total. The molecule has 13 heteroatoms. The predicted molar refractivity (Wildman–Crippen MR) is 133 cm³/mol. The number of rotatable bonds is 5. The quantitative estimate of drug-likeness (QED) is 0.249. The Balaban J connectivity index is 1.40. The summed E-state index contributed by atoms with van der Waals surface area (Å²) in [4.78, 5) is 17.6. The van der Waals surface area contributed by atoms with Crippen molar-refractivity contribution in [2.75, 3.05) is 13.1 Å². The van der Waals surface area contributed by atoms with Crippen LogP contribution in [0.4, 0.5) is 17.6 Å². The first-order chi connectivity index (χ1) is 19.0. The Morgan fingerprint density at radius 1 is 1.05 bits per heavy atom. The molecule has 6 rings (SSSR count). The van der Waals surface area contributed by atoms with Gasteiger partial charge in [-0.25, -0.2) is 22.5 Å². The number of piperidine rings is 1. The zero-order chi connectivity index (χ0) is 28.3. The molecule has 40 heavy (non-hydrogen) atoms. The number of ketones is 1. The number of aromatic nitrogens is 3. The first kappa shape index (κ1) is 26.1. The normalized spacial score (nSPS) is 19.6. The van der Waals surface area contributed by atoms with Crippen molar-refractivity contribution in [3.8, 4) is 5.69 Å². The summed E-state index contributed by atoms with van der Waals surface area (Å²) in [6, 6.07) is 9.03. The van der Waals surface area contributed by atoms with Crippen molar-refractivity contribution < 1.29 is 35.2 Å². The molecule has 0 amide bonds. The number of benzene rings is 2. The number of oxazole rings is 1. The molecule has 4 aromatic rings. The van der Waals surface area contributed by atoms with Crippen LogP contribution in [0.15, 0.2) is 82.3 Å². The smallest absolute Gasteiger partial charge is 0.416 e. The molecule has 1 unspecified atom stereocenters. The van der Waals surface area contributed by atoms with E-state index in [1.54, 1.807) is 29.1 Å². The second-order valence-corrected chi connectivity index (χ2v) is 11.6. The maximum atomic E-state index is 13.9. The molecule has 1 saturated heterocycles. The van der Waals surface area contributed by atoms with E-state index in [4.69, 9.17) is 4.42 Å². The van der Waals surface area contributed by atoms with E-state index in [1.165, 1.54) is 18.4 Å². The highest BCUT2D eigenvalue weighted by atomic mass is 32.2. The lowest BCUT2D eigenvalue weighted by atomic mass is 9.65. The highest BCUT2D eigenvalue weighted by Crippen LogP contribution is 2.47. The number of Topliss-reactive ketones (excluding diaryl/α,β-unsaturated/α-hetero) is 1. The molecule has 1 atom stereocenters. The molecule has 8 nitrogen and oxygen atoms in total. The largest absolute Gasteiger partial charge is 0.451 e. The molecule has 206 valence electrons. The van der Waals surface area contributed by atoms with Crippen molar-refractivity contribution in [3.05, 3.63) is 101 Å². The molecule has 0 saturated carbocycles. The van der Waals surface area contributed by atoms with Crippen molar-refractivity contribution in [1.29, 1.82) is 0 Å². The number of sulfonamides is 1. The third-order valence-corrected chi connectivity index (χ3v) is 9.23. The second-order valence-electron chi connectivity index (χ2n) is 9.69. The van der Waals surface area contributed by atoms with Crippen LogP contribution in [0.3, 0.4) is 0 Å². The van der Waals surface area contributed by atoms with E-state index in [0.717, 1.165) is 35.0 Å². The first-order valence-electron chi connectivity index (χ1n) is 12.1. The van der Waals surface area contributed by atoms with Crippen molar-refractivity contribution in [1.82, 2.24) is 19.1 Å². The number of halogens is 4. The van der Waals surface area contributed by atoms with Gasteiger partial charge >= 0.3 is 6.18 Å². The summed E-state index contributed by atoms with van der Waals surface area (Å²) in [5, 5.41) is 4.43. The van der Waals surface area contributed by atoms with Crippen molar-refractivity contribution in [3.63, 3.8) is 0 Å². The Morgan fingerprint density at radius 3 is 2.42 bits per heavy atom. The maximum Gasteiger partial charge on any atom is 0.416 e. The molecule has 2 aromatic heterocycles. The van der Waals surface area contributed by atoms with Gasteiger partial charge in [0.1, 0.15) is 17.8 Å². The minimum Gasteiger partial charge on any atom is -0.451 e. The van der Waals surface area contributed by atoms with Crippen LogP contribution in [0.1, 0.15) is 33.7 Å². The Morgan fingerprint density at radius 2 is 1.77 bits per heavy atom. The van der Waals surface area contributed by atoms with E-state index in [9.17, 15) is 30.8 Å². The zero-order valence-electron chi connectivity index (χ0n) is 20.6. The van der Waals surface area contributed by atoms with Gasteiger partial charge in [-0.2, -0.15) is 22.6 Å². The molecule has 0 bridgehead atoms. The van der Waals surface area contributed by atoms with Gasteiger partial charge in [0.2, 0.25) is 10.0 Å². The number of alkyl halides is 3. The highest BCUT2D eigenvalue weighted by Gasteiger charge is 2.51. The van der Waals surface area contributed by atoms with Gasteiger partial charge in [0, 0.05) is 13.1 Å². The Hall–Kier alpha value is -4.10. The fourth-order valence-electron chi connectivity index (χ4n) is 5.34. The minimum atomic E-state index is -4.61. The summed E-state index contributed by atoms with van der Waals surface area (Å²) in [6.07, 6.45) is 1.34. The van der Waals surface area contributed by atoms with Gasteiger partial charge < -0.3 is 4.42 Å². The number of carbonyl (C=O) groups excluding carboxylic acids is 1. The SMILES string of the molecule is O=C(c1cocn1)C12Cc3cnn(-c4ccc(F)cc4)c3C=C1CCN(S(=O)(=O)c1ccc(C(F)(F)F)cc1)C2. The predicted octanol–water partition coefficient (Wildman–Crippen LogP) is 4.92. The maximum absolute atomic E-state index is 13.9. The van der Waals surface area contributed by atoms with Gasteiger partial charge in [-0.1, -0.05) is 5.57 Å². The molecule has 1 aliphatic carbocycles. The van der Waals surface area contributed by atoms with E-state index in [0.29, 0.717) is 22.5 Å². The topological polar surface area (TPSA) is 98.3 Å². The van der Waals surface area contributed by atoms with Crippen molar-refractivity contribution >= 4 is 21.9 Å². The molecule has 1 fully saturated rings. The second kappa shape index (κ2) is 9.24. The summed E-state index contributed by atoms with van der Waals surface area (Å²) < 4.78 is 87.5. The van der Waals surface area contributed by atoms with E-state index in [2.05, 4.69) is 10.1 Å². The van der Waals surface area contributed by atoms with Crippen molar-refractivity contribution in [2.45, 2.75) is 23.9 Å². The third kappa shape index (κ3) is 4.25. The van der Waals surface area contributed by atoms with Crippen LogP contribution in [0.25, 0.3) is 11.8 Å². The number of fused-ring (bicyclic) bond motifs is 2. The van der Waals surface area contributed by atoms with Gasteiger partial charge in [-0.3, -0.25) is 4.79 Å². The van der Waals surface area contributed by atoms with Crippen molar-refractivity contribution in [2.24, 2.45) is 5.41 Å². The first-order valence-corrected chi connectivity index (χ1v) is 13.6. The van der Waals surface area contributed by atoms with Crippen LogP contribution >= 0.6 is 0 Å². The van der Waals surface area contributed by atoms with Crippen LogP contribution < -0.4 is 0 Å². The van der Waals surface area contributed by atoms with E-state index in [-0.39, 0.29) is 36.5 Å². The molecule has 0 spiro atoms. The van der Waals surface area contributed by atoms with E-state index in [1.807, 2.05) is 0 Å². The van der Waals surface area contributed by atoms with Gasteiger partial charge in [-0.15, -0.1) is 0 Å². The van der Waals surface area contributed by atoms with Crippen LogP contribution in [-0.2, 0) is 22.6 Å². The number of nitrogens with zero attached hydrogens (tertiary/aromatic N) is 4. The summed E-state index contributed by atoms with van der Waals surface area (Å²) in [5.74, 6) is -0.845. The summed E-state index contributed by atoms with van der Waals surface area (Å²) in [6.45, 7) is -0.252.